The molecule has 0 aliphatic carbocycles. The first-order valence-corrected chi connectivity index (χ1v) is 43.8. The summed E-state index contributed by atoms with van der Waals surface area (Å²) in [5.41, 5.74) is 0. The maximum atomic E-state index is 11.1. The first-order chi connectivity index (χ1) is 31.0. The predicted molar refractivity (Wildman–Crippen MR) is 262 cm³/mol. The minimum atomic E-state index is -3.76. The fraction of sp³-hybridized carbons (Fsp3) is 0.842. The van der Waals surface area contributed by atoms with Crippen LogP contribution in [-0.2, 0) is 74.9 Å². The van der Waals surface area contributed by atoms with Crippen molar-refractivity contribution in [2.24, 2.45) is 0 Å². The van der Waals surface area contributed by atoms with Crippen LogP contribution in [0.2, 0.25) is 76.6 Å². The molecule has 0 bridgehead atoms. The highest BCUT2D eigenvalue weighted by Crippen LogP contribution is 2.36. The van der Waals surface area contributed by atoms with Gasteiger partial charge in [0.15, 0.2) is 0 Å². The second-order valence-corrected chi connectivity index (χ2v) is 44.2. The molecule has 0 radical (unpaired) electrons. The van der Waals surface area contributed by atoms with Crippen molar-refractivity contribution < 1.29 is 79.7 Å². The van der Waals surface area contributed by atoms with Crippen molar-refractivity contribution >= 4 is 85.4 Å². The standard InChI is InChI=1S/C38H78O18Si9/c1-58(39)49-64(7,53-60(3,23-13-19-41-27-35-31-45-35)48-57-22-12-18-40-26-34-30-44-34)55-63(6,38-16-10-9-11-17-38)56-65(8)51-59(2)50-61(4,24-14-20-42-28-36-32-46-36)52-62(5,54-65)25-15-21-43-29-37-33-47-37/h9-11,16-17,34-37,39,58-59H,12-15,18-33,57H2,1-8H3. The van der Waals surface area contributed by atoms with Crippen LogP contribution in [0.3, 0.4) is 0 Å². The van der Waals surface area contributed by atoms with E-state index in [2.05, 4.69) is 19.6 Å². The lowest BCUT2D eigenvalue weighted by Gasteiger charge is -2.48. The van der Waals surface area contributed by atoms with Crippen LogP contribution in [0.5, 0.6) is 0 Å². The number of benzene rings is 1. The summed E-state index contributed by atoms with van der Waals surface area (Å²) in [4.78, 5) is 11.1. The van der Waals surface area contributed by atoms with Crippen molar-refractivity contribution in [3.8, 4) is 0 Å². The van der Waals surface area contributed by atoms with E-state index in [1.165, 1.54) is 0 Å². The Morgan fingerprint density at radius 3 is 1.74 bits per heavy atom. The highest BCUT2D eigenvalue weighted by Gasteiger charge is 2.59. The van der Waals surface area contributed by atoms with Gasteiger partial charge in [-0.25, -0.2) is 0 Å². The third-order valence-corrected chi connectivity index (χ3v) is 45.8. The predicted octanol–water partition coefficient (Wildman–Crippen LogP) is 2.90. The molecule has 5 aliphatic rings. The quantitative estimate of drug-likeness (QED) is 0.0593. The Balaban J connectivity index is 1.20. The van der Waals surface area contributed by atoms with E-state index in [0.29, 0.717) is 64.9 Å². The molecule has 0 spiro atoms. The van der Waals surface area contributed by atoms with Gasteiger partial charge >= 0.3 is 70.4 Å². The number of epoxide rings is 4. The van der Waals surface area contributed by atoms with Gasteiger partial charge in [0, 0.05) is 39.5 Å². The molecule has 5 aliphatic heterocycles. The summed E-state index contributed by atoms with van der Waals surface area (Å²) in [6.45, 7) is 23.6. The SMILES string of the molecule is C[SiH](O)O[Si](C)(O[Si](C)(CCCOCC1CO1)O[SiH2]CCCOCC1CO1)O[Si](C)(O[Si]1(C)O[SiH](C)O[Si](C)(CCCOCC2CO2)O[Si](C)(CCCOCC2CO2)O1)c1ccccc1. The van der Waals surface area contributed by atoms with E-state index in [-0.39, 0.29) is 24.4 Å². The number of hydrogen-bond acceptors (Lipinski definition) is 18. The molecule has 5 saturated heterocycles. The molecule has 0 amide bonds. The van der Waals surface area contributed by atoms with Gasteiger partial charge in [0.05, 0.1) is 52.9 Å². The summed E-state index contributed by atoms with van der Waals surface area (Å²) < 4.78 is 109. The molecule has 6 rings (SSSR count). The molecule has 12 atom stereocenters. The van der Waals surface area contributed by atoms with Crippen LogP contribution in [0, 0.1) is 0 Å². The summed E-state index contributed by atoms with van der Waals surface area (Å²) in [6, 6.07) is 12.9. The first-order valence-electron chi connectivity index (χ1n) is 23.7. The van der Waals surface area contributed by atoms with E-state index in [4.69, 9.17) is 74.9 Å². The van der Waals surface area contributed by atoms with Crippen molar-refractivity contribution in [3.05, 3.63) is 30.3 Å². The first kappa shape index (κ1) is 54.8. The Kier molecular flexibility index (Phi) is 21.7. The van der Waals surface area contributed by atoms with Crippen LogP contribution in [0.1, 0.15) is 25.7 Å². The maximum absolute atomic E-state index is 11.1. The topological polar surface area (TPSA) is 190 Å². The van der Waals surface area contributed by atoms with Crippen molar-refractivity contribution in [3.63, 3.8) is 0 Å². The average molecular weight is 1080 g/mol. The molecule has 0 saturated carbocycles. The highest BCUT2D eigenvalue weighted by molar-refractivity contribution is 6.96. The fourth-order valence-corrected chi connectivity index (χ4v) is 47.4. The van der Waals surface area contributed by atoms with Gasteiger partial charge in [-0.15, -0.1) is 0 Å². The van der Waals surface area contributed by atoms with Crippen molar-refractivity contribution in [1.29, 1.82) is 0 Å². The molecule has 374 valence electrons. The van der Waals surface area contributed by atoms with Gasteiger partial charge in [0.25, 0.3) is 0 Å². The van der Waals surface area contributed by atoms with E-state index in [1.807, 2.05) is 56.5 Å². The molecule has 1 N–H and O–H groups in total. The van der Waals surface area contributed by atoms with Crippen LogP contribution < -0.4 is 5.19 Å². The molecule has 5 heterocycles. The maximum Gasteiger partial charge on any atom is 0.470 e. The van der Waals surface area contributed by atoms with Gasteiger partial charge in [-0.3, -0.25) is 0 Å². The number of rotatable bonds is 35. The van der Waals surface area contributed by atoms with Crippen LogP contribution in [-0.4, -0.2) is 189 Å². The number of hydrogen-bond donors (Lipinski definition) is 1. The summed E-state index contributed by atoms with van der Waals surface area (Å²) in [6.07, 6.45) is 3.99. The molecule has 27 heteroatoms. The summed E-state index contributed by atoms with van der Waals surface area (Å²) in [5, 5.41) is 0.846. The minimum Gasteiger partial charge on any atom is -0.442 e. The average Bonchev–Trinajstić information content (AvgIpc) is 4.00. The zero-order valence-electron chi connectivity index (χ0n) is 40.1. The zero-order valence-corrected chi connectivity index (χ0v) is 49.8. The lowest BCUT2D eigenvalue weighted by Crippen LogP contribution is -2.71. The van der Waals surface area contributed by atoms with E-state index in [1.54, 1.807) is 6.55 Å². The molecule has 65 heavy (non-hydrogen) atoms. The largest absolute Gasteiger partial charge is 0.470 e. The smallest absolute Gasteiger partial charge is 0.442 e. The van der Waals surface area contributed by atoms with E-state index >= 15 is 0 Å². The Bertz CT molecular complexity index is 1550. The highest BCUT2D eigenvalue weighted by atomic mass is 28.6. The molecule has 1 aromatic carbocycles. The summed E-state index contributed by atoms with van der Waals surface area (Å²) in [7, 11) is -26.1. The van der Waals surface area contributed by atoms with Crippen LogP contribution in [0.15, 0.2) is 30.3 Å². The monoisotopic (exact) mass is 1070 g/mol. The Hall–Kier alpha value is 0.452. The van der Waals surface area contributed by atoms with E-state index in [0.717, 1.165) is 69.4 Å². The molecule has 12 unspecified atom stereocenters. The van der Waals surface area contributed by atoms with Crippen LogP contribution >= 0.6 is 0 Å². The second kappa shape index (κ2) is 25.7. The van der Waals surface area contributed by atoms with E-state index < -0.39 is 80.2 Å². The molecular formula is C38H78O18Si9. The second-order valence-electron chi connectivity index (χ2n) is 18.5. The Morgan fingerprint density at radius 1 is 0.708 bits per heavy atom. The van der Waals surface area contributed by atoms with Gasteiger partial charge in [-0.1, -0.05) is 30.3 Å². The minimum absolute atomic E-state index is 0.186. The van der Waals surface area contributed by atoms with Crippen molar-refractivity contribution in [1.82, 2.24) is 0 Å². The third kappa shape index (κ3) is 21.0. The lowest BCUT2D eigenvalue weighted by atomic mass is 10.4. The van der Waals surface area contributed by atoms with Crippen molar-refractivity contribution in [2.45, 2.75) is 127 Å². The molecule has 1 aromatic rings. The molecular weight excluding hydrogens is 997 g/mol. The molecule has 0 aromatic heterocycles. The van der Waals surface area contributed by atoms with Gasteiger partial charge in [0.2, 0.25) is 0 Å². The van der Waals surface area contributed by atoms with Crippen molar-refractivity contribution in [2.75, 3.05) is 79.3 Å². The molecule has 18 nitrogen and oxygen atoms in total. The summed E-state index contributed by atoms with van der Waals surface area (Å²) in [5.74, 6) is 0. The van der Waals surface area contributed by atoms with Gasteiger partial charge < -0.3 is 79.7 Å². The lowest BCUT2D eigenvalue weighted by molar-refractivity contribution is 0.112. The van der Waals surface area contributed by atoms with Gasteiger partial charge in [0.1, 0.15) is 34.2 Å². The Labute approximate surface area is 399 Å². The third-order valence-electron chi connectivity index (χ3n) is 11.1. The zero-order chi connectivity index (χ0) is 46.4. The molecule has 5 fully saturated rings. The van der Waals surface area contributed by atoms with Crippen LogP contribution in [0.25, 0.3) is 0 Å². The van der Waals surface area contributed by atoms with E-state index in [9.17, 15) is 4.80 Å². The summed E-state index contributed by atoms with van der Waals surface area (Å²) >= 11 is 0. The van der Waals surface area contributed by atoms with Crippen LogP contribution in [0.4, 0.5) is 0 Å². The number of ether oxygens (including phenoxy) is 8. The fourth-order valence-electron chi connectivity index (χ4n) is 7.96. The normalized spacial score (nSPS) is 33.2. The van der Waals surface area contributed by atoms with Gasteiger partial charge in [-0.05, 0) is 94.3 Å². The Morgan fingerprint density at radius 2 is 1.22 bits per heavy atom. The van der Waals surface area contributed by atoms with Gasteiger partial charge in [-0.2, -0.15) is 0 Å².